The first-order valence-corrected chi connectivity index (χ1v) is 9.15. The highest BCUT2D eigenvalue weighted by Gasteiger charge is 2.36. The first-order chi connectivity index (χ1) is 13.3. The lowest BCUT2D eigenvalue weighted by molar-refractivity contribution is -0.142. The first-order valence-electron chi connectivity index (χ1n) is 9.15. The molecule has 3 rings (SSSR count). The number of aliphatic imine (C=N–C) groups is 1. The first kappa shape index (κ1) is 23.3. The van der Waals surface area contributed by atoms with Gasteiger partial charge in [-0.3, -0.25) is 9.67 Å². The maximum atomic E-state index is 13.1. The number of nitrogens with one attached hydrogen (secondary N) is 1. The Labute approximate surface area is 185 Å². The highest BCUT2D eigenvalue weighted by atomic mass is 127. The largest absolute Gasteiger partial charge is 0.435 e. The van der Waals surface area contributed by atoms with Crippen molar-refractivity contribution < 1.29 is 13.2 Å². The molecule has 1 aliphatic heterocycles. The second kappa shape index (κ2) is 9.68. The lowest BCUT2D eigenvalue weighted by atomic mass is 10.2. The molecule has 160 valence electrons. The minimum atomic E-state index is -4.47. The van der Waals surface area contributed by atoms with Crippen molar-refractivity contribution >= 4 is 35.6 Å². The Morgan fingerprint density at radius 2 is 1.90 bits per heavy atom. The van der Waals surface area contributed by atoms with Gasteiger partial charge in [-0.05, 0) is 24.6 Å². The second-order valence-electron chi connectivity index (χ2n) is 6.89. The molecule has 0 radical (unpaired) electrons. The Balaban J connectivity index is 0.00000300. The van der Waals surface area contributed by atoms with Crippen LogP contribution in [0, 0.1) is 6.92 Å². The Kier molecular flexibility index (Phi) is 7.78. The summed E-state index contributed by atoms with van der Waals surface area (Å²) in [6.07, 6.45) is -3.08. The number of rotatable bonds is 3. The zero-order chi connectivity index (χ0) is 20.3. The van der Waals surface area contributed by atoms with E-state index in [2.05, 4.69) is 50.3 Å². The van der Waals surface area contributed by atoms with E-state index in [1.807, 2.05) is 6.07 Å². The number of aryl methyl sites for hydroxylation is 2. The smallest absolute Gasteiger partial charge is 0.368 e. The van der Waals surface area contributed by atoms with Crippen LogP contribution in [-0.4, -0.2) is 53.9 Å². The zero-order valence-corrected chi connectivity index (χ0v) is 19.0. The van der Waals surface area contributed by atoms with Gasteiger partial charge >= 0.3 is 6.18 Å². The molecule has 1 aromatic carbocycles. The number of guanidine groups is 1. The molecule has 1 aliphatic rings. The van der Waals surface area contributed by atoms with E-state index < -0.39 is 11.9 Å². The predicted octanol–water partition coefficient (Wildman–Crippen LogP) is 3.26. The van der Waals surface area contributed by atoms with Crippen molar-refractivity contribution in [2.45, 2.75) is 19.6 Å². The molecule has 1 fully saturated rings. The van der Waals surface area contributed by atoms with Crippen molar-refractivity contribution in [2.24, 2.45) is 12.0 Å². The van der Waals surface area contributed by atoms with Crippen molar-refractivity contribution in [3.63, 3.8) is 0 Å². The van der Waals surface area contributed by atoms with E-state index in [4.69, 9.17) is 0 Å². The summed E-state index contributed by atoms with van der Waals surface area (Å²) in [5, 5.41) is 6.59. The monoisotopic (exact) mass is 522 g/mol. The highest BCUT2D eigenvalue weighted by Crippen LogP contribution is 2.30. The van der Waals surface area contributed by atoms with Gasteiger partial charge in [0.2, 0.25) is 0 Å². The average molecular weight is 522 g/mol. The van der Waals surface area contributed by atoms with Crippen LogP contribution >= 0.6 is 24.0 Å². The highest BCUT2D eigenvalue weighted by molar-refractivity contribution is 14.0. The SMILES string of the molecule is CN=C(NCc1cn(C)nc1C(F)(F)F)N1CCN(c2cccc(C)c2)CC1.I. The molecule has 2 heterocycles. The van der Waals surface area contributed by atoms with Crippen molar-refractivity contribution in [2.75, 3.05) is 38.1 Å². The Morgan fingerprint density at radius 1 is 1.21 bits per heavy atom. The van der Waals surface area contributed by atoms with Gasteiger partial charge in [-0.1, -0.05) is 12.1 Å². The van der Waals surface area contributed by atoms with Gasteiger partial charge in [0.15, 0.2) is 11.7 Å². The van der Waals surface area contributed by atoms with Gasteiger partial charge in [0.25, 0.3) is 0 Å². The number of halogens is 4. The summed E-state index contributed by atoms with van der Waals surface area (Å²) in [5.41, 5.74) is 1.65. The van der Waals surface area contributed by atoms with Gasteiger partial charge < -0.3 is 15.1 Å². The quantitative estimate of drug-likeness (QED) is 0.382. The third kappa shape index (κ3) is 5.77. The number of alkyl halides is 3. The topological polar surface area (TPSA) is 48.7 Å². The summed E-state index contributed by atoms with van der Waals surface area (Å²) in [6, 6.07) is 8.36. The van der Waals surface area contributed by atoms with E-state index in [9.17, 15) is 13.2 Å². The number of benzene rings is 1. The number of hydrogen-bond acceptors (Lipinski definition) is 3. The average Bonchev–Trinajstić information content (AvgIpc) is 3.04. The van der Waals surface area contributed by atoms with Gasteiger partial charge in [-0.15, -0.1) is 24.0 Å². The van der Waals surface area contributed by atoms with Crippen molar-refractivity contribution in [1.29, 1.82) is 0 Å². The van der Waals surface area contributed by atoms with Crippen LogP contribution in [0.25, 0.3) is 0 Å². The van der Waals surface area contributed by atoms with Gasteiger partial charge in [0, 0.05) is 64.3 Å². The fraction of sp³-hybridized carbons (Fsp3) is 0.474. The number of aromatic nitrogens is 2. The fourth-order valence-electron chi connectivity index (χ4n) is 3.41. The maximum absolute atomic E-state index is 13.1. The van der Waals surface area contributed by atoms with Crippen molar-refractivity contribution in [3.8, 4) is 0 Å². The molecule has 6 nitrogen and oxygen atoms in total. The molecule has 1 aromatic heterocycles. The molecule has 10 heteroatoms. The van der Waals surface area contributed by atoms with Gasteiger partial charge in [0.1, 0.15) is 0 Å². The van der Waals surface area contributed by atoms with E-state index in [-0.39, 0.29) is 36.1 Å². The Hall–Kier alpha value is -1.98. The summed E-state index contributed by atoms with van der Waals surface area (Å²) in [6.45, 7) is 5.22. The van der Waals surface area contributed by atoms with Crippen LogP contribution in [0.1, 0.15) is 16.8 Å². The molecule has 0 aliphatic carbocycles. The molecule has 0 bridgehead atoms. The number of anilines is 1. The molecule has 1 saturated heterocycles. The minimum Gasteiger partial charge on any atom is -0.368 e. The Morgan fingerprint density at radius 3 is 2.48 bits per heavy atom. The summed E-state index contributed by atoms with van der Waals surface area (Å²) in [7, 11) is 3.13. The van der Waals surface area contributed by atoms with Crippen LogP contribution < -0.4 is 10.2 Å². The maximum Gasteiger partial charge on any atom is 0.435 e. The lowest BCUT2D eigenvalue weighted by Crippen LogP contribution is -2.52. The third-order valence-corrected chi connectivity index (χ3v) is 4.77. The standard InChI is InChI=1S/C19H25F3N6.HI/c1-14-5-4-6-16(11-14)27-7-9-28(10-8-27)18(23-2)24-12-15-13-26(3)25-17(15)19(20,21)22;/h4-6,11,13H,7-10,12H2,1-3H3,(H,23,24);1H. The predicted molar refractivity (Wildman–Crippen MR) is 119 cm³/mol. The fourth-order valence-corrected chi connectivity index (χ4v) is 3.41. The van der Waals surface area contributed by atoms with E-state index in [1.54, 1.807) is 7.05 Å². The van der Waals surface area contributed by atoms with Crippen LogP contribution in [0.4, 0.5) is 18.9 Å². The molecule has 0 unspecified atom stereocenters. The minimum absolute atomic E-state index is 0. The van der Waals surface area contributed by atoms with Crippen LogP contribution in [0.3, 0.4) is 0 Å². The van der Waals surface area contributed by atoms with Gasteiger partial charge in [0.05, 0.1) is 0 Å². The third-order valence-electron chi connectivity index (χ3n) is 4.77. The molecule has 2 aromatic rings. The van der Waals surface area contributed by atoms with Crippen LogP contribution in [0.15, 0.2) is 35.5 Å². The number of nitrogens with zero attached hydrogens (tertiary/aromatic N) is 5. The summed E-state index contributed by atoms with van der Waals surface area (Å²) in [4.78, 5) is 8.61. The second-order valence-corrected chi connectivity index (χ2v) is 6.89. The van der Waals surface area contributed by atoms with Gasteiger partial charge in [-0.2, -0.15) is 18.3 Å². The molecule has 0 spiro atoms. The molecule has 0 atom stereocenters. The molecule has 29 heavy (non-hydrogen) atoms. The molecule has 1 N–H and O–H groups in total. The van der Waals surface area contributed by atoms with Crippen molar-refractivity contribution in [3.05, 3.63) is 47.3 Å². The van der Waals surface area contributed by atoms with E-state index in [0.29, 0.717) is 5.96 Å². The Bertz CT molecular complexity index is 841. The van der Waals surface area contributed by atoms with Crippen molar-refractivity contribution in [1.82, 2.24) is 20.0 Å². The number of hydrogen-bond donors (Lipinski definition) is 1. The number of piperazine rings is 1. The van der Waals surface area contributed by atoms with E-state index in [1.165, 1.54) is 29.2 Å². The van der Waals surface area contributed by atoms with E-state index >= 15 is 0 Å². The van der Waals surface area contributed by atoms with Crippen LogP contribution in [0.5, 0.6) is 0 Å². The summed E-state index contributed by atoms with van der Waals surface area (Å²) >= 11 is 0. The van der Waals surface area contributed by atoms with Crippen LogP contribution in [0.2, 0.25) is 0 Å². The summed E-state index contributed by atoms with van der Waals surface area (Å²) < 4.78 is 40.5. The lowest BCUT2D eigenvalue weighted by Gasteiger charge is -2.37. The molecule has 0 saturated carbocycles. The summed E-state index contributed by atoms with van der Waals surface area (Å²) in [5.74, 6) is 0.598. The molecule has 0 amide bonds. The normalized spacial score (nSPS) is 15.3. The molecular weight excluding hydrogens is 496 g/mol. The zero-order valence-electron chi connectivity index (χ0n) is 16.7. The van der Waals surface area contributed by atoms with E-state index in [0.717, 1.165) is 26.2 Å². The molecular formula is C19H26F3IN6. The van der Waals surface area contributed by atoms with Crippen LogP contribution in [-0.2, 0) is 19.8 Å². The van der Waals surface area contributed by atoms with Gasteiger partial charge in [-0.25, -0.2) is 0 Å².